The highest BCUT2D eigenvalue weighted by Gasteiger charge is 2.25. The number of aliphatic hydroxyl groups is 1. The lowest BCUT2D eigenvalue weighted by molar-refractivity contribution is -0.384. The van der Waals surface area contributed by atoms with Gasteiger partial charge in [-0.25, -0.2) is 4.39 Å². The van der Waals surface area contributed by atoms with E-state index < -0.39 is 10.7 Å². The second-order valence-electron chi connectivity index (χ2n) is 4.94. The molecule has 20 heavy (non-hydrogen) atoms. The fourth-order valence-electron chi connectivity index (χ4n) is 2.43. The summed E-state index contributed by atoms with van der Waals surface area (Å²) >= 11 is 0. The minimum absolute atomic E-state index is 0.0837. The normalized spacial score (nSPS) is 18.1. The average Bonchev–Trinajstić information content (AvgIpc) is 2.46. The number of nitro groups is 1. The maximum absolute atomic E-state index is 13.1. The van der Waals surface area contributed by atoms with Crippen LogP contribution in [0.5, 0.6) is 0 Å². The number of benzene rings is 1. The first-order valence-electron chi connectivity index (χ1n) is 6.56. The summed E-state index contributed by atoms with van der Waals surface area (Å²) in [6.07, 6.45) is 0. The van der Waals surface area contributed by atoms with Crippen molar-refractivity contribution >= 4 is 11.4 Å². The molecule has 2 rings (SSSR count). The summed E-state index contributed by atoms with van der Waals surface area (Å²) in [5.41, 5.74) is 0.251. The van der Waals surface area contributed by atoms with Crippen molar-refractivity contribution in [2.75, 3.05) is 37.7 Å². The molecule has 7 heteroatoms. The van der Waals surface area contributed by atoms with Crippen LogP contribution in [0.15, 0.2) is 18.2 Å². The molecule has 1 aliphatic heterocycles. The van der Waals surface area contributed by atoms with Gasteiger partial charge in [0.05, 0.1) is 17.6 Å². The summed E-state index contributed by atoms with van der Waals surface area (Å²) in [5, 5.41) is 20.1. The van der Waals surface area contributed by atoms with Gasteiger partial charge in [-0.3, -0.25) is 15.0 Å². The lowest BCUT2D eigenvalue weighted by Gasteiger charge is -2.38. The van der Waals surface area contributed by atoms with Crippen molar-refractivity contribution in [3.05, 3.63) is 34.1 Å². The molecule has 1 atom stereocenters. The Hall–Kier alpha value is -1.73. The molecule has 1 N–H and O–H groups in total. The third kappa shape index (κ3) is 3.05. The number of halogens is 1. The zero-order valence-corrected chi connectivity index (χ0v) is 11.3. The molecule has 1 aromatic carbocycles. The fourth-order valence-corrected chi connectivity index (χ4v) is 2.43. The van der Waals surface area contributed by atoms with Crippen LogP contribution in [0.1, 0.15) is 6.92 Å². The maximum Gasteiger partial charge on any atom is 0.295 e. The van der Waals surface area contributed by atoms with Crippen LogP contribution in [0, 0.1) is 15.9 Å². The Morgan fingerprint density at radius 3 is 2.60 bits per heavy atom. The highest BCUT2D eigenvalue weighted by atomic mass is 19.1. The number of hydrogen-bond acceptors (Lipinski definition) is 5. The zero-order chi connectivity index (χ0) is 14.7. The van der Waals surface area contributed by atoms with Gasteiger partial charge in [-0.1, -0.05) is 0 Å². The van der Waals surface area contributed by atoms with Gasteiger partial charge in [-0.15, -0.1) is 0 Å². The second kappa shape index (κ2) is 6.15. The number of rotatable bonds is 4. The van der Waals surface area contributed by atoms with Crippen molar-refractivity contribution in [2.24, 2.45) is 0 Å². The zero-order valence-electron chi connectivity index (χ0n) is 11.3. The van der Waals surface area contributed by atoms with E-state index in [0.29, 0.717) is 18.8 Å². The van der Waals surface area contributed by atoms with E-state index in [-0.39, 0.29) is 18.3 Å². The Morgan fingerprint density at radius 1 is 1.40 bits per heavy atom. The fraction of sp³-hybridized carbons (Fsp3) is 0.538. The Bertz CT molecular complexity index is 490. The van der Waals surface area contributed by atoms with Crippen LogP contribution in [0.3, 0.4) is 0 Å². The largest absolute Gasteiger partial charge is 0.395 e. The van der Waals surface area contributed by atoms with Crippen LogP contribution < -0.4 is 4.90 Å². The third-order valence-corrected chi connectivity index (χ3v) is 3.68. The van der Waals surface area contributed by atoms with E-state index in [1.165, 1.54) is 12.1 Å². The van der Waals surface area contributed by atoms with Gasteiger partial charge in [0.2, 0.25) is 0 Å². The van der Waals surface area contributed by atoms with Gasteiger partial charge in [0, 0.05) is 32.2 Å². The van der Waals surface area contributed by atoms with Gasteiger partial charge >= 0.3 is 0 Å². The molecular weight excluding hydrogens is 265 g/mol. The van der Waals surface area contributed by atoms with Crippen LogP contribution in [-0.4, -0.2) is 53.8 Å². The van der Waals surface area contributed by atoms with Crippen molar-refractivity contribution in [1.82, 2.24) is 4.90 Å². The van der Waals surface area contributed by atoms with Crippen LogP contribution in [-0.2, 0) is 0 Å². The van der Waals surface area contributed by atoms with Crippen molar-refractivity contribution in [3.63, 3.8) is 0 Å². The minimum Gasteiger partial charge on any atom is -0.395 e. The van der Waals surface area contributed by atoms with E-state index in [1.54, 1.807) is 0 Å². The molecule has 0 amide bonds. The molecule has 110 valence electrons. The summed E-state index contributed by atoms with van der Waals surface area (Å²) in [6.45, 7) is 4.72. The van der Waals surface area contributed by atoms with Gasteiger partial charge in [0.25, 0.3) is 5.69 Å². The van der Waals surface area contributed by atoms with Crippen LogP contribution in [0.2, 0.25) is 0 Å². The molecule has 1 aliphatic rings. The molecule has 6 nitrogen and oxygen atoms in total. The second-order valence-corrected chi connectivity index (χ2v) is 4.94. The predicted molar refractivity (Wildman–Crippen MR) is 73.4 cm³/mol. The number of anilines is 1. The van der Waals surface area contributed by atoms with Gasteiger partial charge in [-0.05, 0) is 19.1 Å². The minimum atomic E-state index is -0.604. The lowest BCUT2D eigenvalue weighted by atomic mass is 10.2. The summed E-state index contributed by atoms with van der Waals surface area (Å²) in [5.74, 6) is -0.604. The first-order valence-corrected chi connectivity index (χ1v) is 6.56. The van der Waals surface area contributed by atoms with E-state index in [9.17, 15) is 14.5 Å². The van der Waals surface area contributed by atoms with E-state index in [1.807, 2.05) is 11.8 Å². The lowest BCUT2D eigenvalue weighted by Crippen LogP contribution is -2.50. The monoisotopic (exact) mass is 283 g/mol. The van der Waals surface area contributed by atoms with Crippen molar-refractivity contribution in [2.45, 2.75) is 13.0 Å². The molecule has 1 heterocycles. The first kappa shape index (κ1) is 14.7. The number of aliphatic hydroxyl groups excluding tert-OH is 1. The van der Waals surface area contributed by atoms with Crippen LogP contribution >= 0.6 is 0 Å². The van der Waals surface area contributed by atoms with E-state index >= 15 is 0 Å². The number of nitro benzene ring substituents is 1. The summed E-state index contributed by atoms with van der Waals surface area (Å²) < 4.78 is 13.1. The molecule has 1 fully saturated rings. The molecular formula is C13H18FN3O3. The Balaban J connectivity index is 2.13. The van der Waals surface area contributed by atoms with Crippen LogP contribution in [0.25, 0.3) is 0 Å². The van der Waals surface area contributed by atoms with Gasteiger partial charge < -0.3 is 10.0 Å². The molecule has 1 saturated heterocycles. The molecule has 0 aromatic heterocycles. The van der Waals surface area contributed by atoms with Crippen LogP contribution in [0.4, 0.5) is 15.8 Å². The predicted octanol–water partition coefficient (Wildman–Crippen LogP) is 1.24. The highest BCUT2D eigenvalue weighted by Crippen LogP contribution is 2.29. The quantitative estimate of drug-likeness (QED) is 0.665. The van der Waals surface area contributed by atoms with Crippen molar-refractivity contribution in [3.8, 4) is 0 Å². The summed E-state index contributed by atoms with van der Waals surface area (Å²) in [7, 11) is 0. The molecule has 1 unspecified atom stereocenters. The first-order chi connectivity index (χ1) is 9.52. The number of hydrogen-bond donors (Lipinski definition) is 1. The van der Waals surface area contributed by atoms with Gasteiger partial charge in [0.1, 0.15) is 11.5 Å². The molecule has 0 radical (unpaired) electrons. The smallest absolute Gasteiger partial charge is 0.295 e. The highest BCUT2D eigenvalue weighted by molar-refractivity contribution is 5.63. The Labute approximate surface area is 116 Å². The topological polar surface area (TPSA) is 69.8 Å². The van der Waals surface area contributed by atoms with E-state index in [0.717, 1.165) is 19.2 Å². The van der Waals surface area contributed by atoms with Crippen molar-refractivity contribution < 1.29 is 14.4 Å². The standard InChI is InChI=1S/C13H18FN3O3/c1-10(9-18)15-4-6-16(7-5-15)12-3-2-11(14)8-13(12)17(19)20/h2-3,8,10,18H,4-7,9H2,1H3. The third-order valence-electron chi connectivity index (χ3n) is 3.68. The van der Waals surface area contributed by atoms with E-state index in [4.69, 9.17) is 5.11 Å². The average molecular weight is 283 g/mol. The Morgan fingerprint density at radius 2 is 2.05 bits per heavy atom. The summed E-state index contributed by atoms with van der Waals surface area (Å²) in [4.78, 5) is 14.5. The maximum atomic E-state index is 13.1. The molecule has 1 aromatic rings. The van der Waals surface area contributed by atoms with Gasteiger partial charge in [-0.2, -0.15) is 0 Å². The van der Waals surface area contributed by atoms with Crippen molar-refractivity contribution in [1.29, 1.82) is 0 Å². The van der Waals surface area contributed by atoms with Gasteiger partial charge in [0.15, 0.2) is 0 Å². The van der Waals surface area contributed by atoms with E-state index in [2.05, 4.69) is 4.90 Å². The molecule has 0 aliphatic carbocycles. The summed E-state index contributed by atoms with van der Waals surface area (Å²) in [6, 6.07) is 3.74. The number of piperazine rings is 1. The molecule has 0 saturated carbocycles. The molecule has 0 bridgehead atoms. The SMILES string of the molecule is CC(CO)N1CCN(c2ccc(F)cc2[N+](=O)[O-])CC1. The molecule has 0 spiro atoms. The number of nitrogens with zero attached hydrogens (tertiary/aromatic N) is 3. The Kier molecular flexibility index (Phi) is 4.51.